The Balaban J connectivity index is 4.20. The normalized spacial score (nSPS) is 12.9. The zero-order chi connectivity index (χ0) is 14.2. The predicted molar refractivity (Wildman–Crippen MR) is 77.7 cm³/mol. The molecule has 5 nitrogen and oxygen atoms in total. The molecular weight excluding hydrogens is 349 g/mol. The molecule has 6 heteroatoms. The van der Waals surface area contributed by atoms with Gasteiger partial charge < -0.3 is 17.9 Å². The first kappa shape index (κ1) is 17.6. The van der Waals surface area contributed by atoms with Gasteiger partial charge in [0.1, 0.15) is 34.4 Å². The van der Waals surface area contributed by atoms with Crippen LogP contribution in [0.4, 0.5) is 4.79 Å². The number of nitrogens with one attached hydrogen (secondary N) is 1. The maximum atomic E-state index is 11.6. The molecule has 0 fully saturated rings. The quantitative estimate of drug-likeness (QED) is 0.699. The molecule has 0 radical (unpaired) electrons. The number of hydrogen-bond acceptors (Lipinski definition) is 4. The van der Waals surface area contributed by atoms with Crippen LogP contribution in [-0.2, 0) is 12.6 Å². The first-order valence-electron chi connectivity index (χ1n) is 5.97. The third-order valence-electron chi connectivity index (χ3n) is 2.11. The van der Waals surface area contributed by atoms with Crippen LogP contribution in [0.25, 0.3) is 0 Å². The Kier molecular flexibility index (Phi) is 8.51. The summed E-state index contributed by atoms with van der Waals surface area (Å²) >= 11 is 1.81. The number of ether oxygens (including phenoxy) is 1. The van der Waals surface area contributed by atoms with Crippen molar-refractivity contribution in [1.29, 1.82) is 0 Å². The van der Waals surface area contributed by atoms with Crippen LogP contribution in [-0.4, -0.2) is 30.1 Å². The molecule has 18 heavy (non-hydrogen) atoms. The number of carbonyl (C=O) groups is 2. The van der Waals surface area contributed by atoms with Gasteiger partial charge in [0.2, 0.25) is 0 Å². The van der Waals surface area contributed by atoms with Gasteiger partial charge in [-0.25, -0.2) is 4.79 Å². The van der Waals surface area contributed by atoms with Gasteiger partial charge in [-0.15, -0.1) is 0 Å². The molecule has 1 unspecified atom stereocenters. The average molecular weight is 371 g/mol. The zero-order valence-electron chi connectivity index (χ0n) is 11.4. The van der Waals surface area contributed by atoms with E-state index in [2.05, 4.69) is 5.32 Å². The molecule has 0 aliphatic heterocycles. The molecule has 0 heterocycles. The van der Waals surface area contributed by atoms with Crippen molar-refractivity contribution in [2.45, 2.75) is 58.6 Å². The van der Waals surface area contributed by atoms with Crippen molar-refractivity contribution in [3.05, 3.63) is 0 Å². The van der Waals surface area contributed by atoms with E-state index in [-0.39, 0.29) is 11.8 Å². The fraction of sp³-hybridized carbons (Fsp3) is 0.833. The van der Waals surface area contributed by atoms with E-state index in [0.717, 1.165) is 0 Å². The molecule has 1 amide bonds. The van der Waals surface area contributed by atoms with Crippen molar-refractivity contribution < 1.29 is 17.4 Å². The Labute approximate surface area is 123 Å². The maximum absolute atomic E-state index is 11.6. The molecule has 0 rings (SSSR count). The van der Waals surface area contributed by atoms with Crippen LogP contribution in [0.5, 0.6) is 0 Å². The number of alkyl carbamates (subject to hydrolysis) is 1. The van der Waals surface area contributed by atoms with Crippen LogP contribution >= 0.6 is 23.0 Å². The van der Waals surface area contributed by atoms with Crippen molar-refractivity contribution in [3.63, 3.8) is 0 Å². The molecule has 0 aromatic carbocycles. The number of Topliss-reactive ketones (excluding diaryl/α,β-unsaturated/α-hetero) is 1. The summed E-state index contributed by atoms with van der Waals surface area (Å²) in [5.41, 5.74) is -0.519. The molecule has 0 bridgehead atoms. The summed E-state index contributed by atoms with van der Waals surface area (Å²) in [5.74, 6) is 0.112. The molecule has 0 aliphatic rings. The van der Waals surface area contributed by atoms with E-state index in [1.807, 2.05) is 43.8 Å². The third kappa shape index (κ3) is 10.8. The second-order valence-corrected chi connectivity index (χ2v) is 5.81. The lowest BCUT2D eigenvalue weighted by Crippen LogP contribution is -2.39. The summed E-state index contributed by atoms with van der Waals surface area (Å²) in [6, 6.07) is -0.0986. The maximum Gasteiger partial charge on any atom is 0.407 e. The molecule has 0 saturated carbocycles. The minimum absolute atomic E-state index is 0.0986. The van der Waals surface area contributed by atoms with Crippen LogP contribution in [0.1, 0.15) is 47.0 Å². The highest BCUT2D eigenvalue weighted by Gasteiger charge is 2.19. The summed E-state index contributed by atoms with van der Waals surface area (Å²) in [4.78, 5) is 22.6. The second-order valence-electron chi connectivity index (χ2n) is 5.19. The highest BCUT2D eigenvalue weighted by Crippen LogP contribution is 2.09. The molecule has 0 spiro atoms. The standard InChI is InChI=1S/C12H22INO4/c1-9(15)5-6-10(7-8-17-13)14-11(16)18-12(2,3)4/h10H,5-8H2,1-4H3,(H,14,16). The Hall–Kier alpha value is -0.370. The largest absolute Gasteiger partial charge is 0.444 e. The van der Waals surface area contributed by atoms with Gasteiger partial charge in [0, 0.05) is 12.5 Å². The van der Waals surface area contributed by atoms with Gasteiger partial charge in [-0.3, -0.25) is 0 Å². The Morgan fingerprint density at radius 2 is 1.89 bits per heavy atom. The molecule has 0 aromatic rings. The average Bonchev–Trinajstić information content (AvgIpc) is 2.19. The van der Waals surface area contributed by atoms with Crippen molar-refractivity contribution in [3.8, 4) is 0 Å². The van der Waals surface area contributed by atoms with E-state index < -0.39 is 11.7 Å². The van der Waals surface area contributed by atoms with Crippen LogP contribution in [0.3, 0.4) is 0 Å². The minimum Gasteiger partial charge on any atom is -0.444 e. The number of hydrogen-bond donors (Lipinski definition) is 1. The molecule has 106 valence electrons. The van der Waals surface area contributed by atoms with Crippen molar-refractivity contribution >= 4 is 34.9 Å². The van der Waals surface area contributed by atoms with Crippen LogP contribution in [0.15, 0.2) is 0 Å². The van der Waals surface area contributed by atoms with E-state index in [4.69, 9.17) is 7.80 Å². The fourth-order valence-corrected chi connectivity index (χ4v) is 1.58. The zero-order valence-corrected chi connectivity index (χ0v) is 13.6. The lowest BCUT2D eigenvalue weighted by Gasteiger charge is -2.23. The lowest BCUT2D eigenvalue weighted by atomic mass is 10.1. The van der Waals surface area contributed by atoms with Gasteiger partial charge in [0.15, 0.2) is 0 Å². The van der Waals surface area contributed by atoms with Gasteiger partial charge in [0.05, 0.1) is 6.61 Å². The Morgan fingerprint density at radius 3 is 2.33 bits per heavy atom. The number of ketones is 1. The highest BCUT2D eigenvalue weighted by molar-refractivity contribution is 14.1. The molecule has 1 N–H and O–H groups in total. The van der Waals surface area contributed by atoms with Crippen LogP contribution < -0.4 is 5.32 Å². The highest BCUT2D eigenvalue weighted by atomic mass is 127. The van der Waals surface area contributed by atoms with E-state index in [9.17, 15) is 9.59 Å². The fourth-order valence-electron chi connectivity index (χ4n) is 1.33. The van der Waals surface area contributed by atoms with E-state index >= 15 is 0 Å². The van der Waals surface area contributed by atoms with E-state index in [1.54, 1.807) is 6.92 Å². The molecule has 0 aromatic heterocycles. The van der Waals surface area contributed by atoms with Crippen LogP contribution in [0, 0.1) is 0 Å². The van der Waals surface area contributed by atoms with Gasteiger partial charge in [-0.05, 0) is 40.5 Å². The monoisotopic (exact) mass is 371 g/mol. The predicted octanol–water partition coefficient (Wildman–Crippen LogP) is 3.01. The smallest absolute Gasteiger partial charge is 0.407 e. The first-order valence-corrected chi connectivity index (χ1v) is 6.85. The summed E-state index contributed by atoms with van der Waals surface area (Å²) in [6.07, 6.45) is 1.26. The van der Waals surface area contributed by atoms with E-state index in [0.29, 0.717) is 25.9 Å². The van der Waals surface area contributed by atoms with Gasteiger partial charge in [-0.1, -0.05) is 0 Å². The third-order valence-corrected chi connectivity index (χ3v) is 2.55. The minimum atomic E-state index is -0.519. The molecule has 1 atom stereocenters. The van der Waals surface area contributed by atoms with Crippen molar-refractivity contribution in [1.82, 2.24) is 5.32 Å². The van der Waals surface area contributed by atoms with Gasteiger partial charge >= 0.3 is 6.09 Å². The van der Waals surface area contributed by atoms with Crippen molar-refractivity contribution in [2.75, 3.05) is 6.61 Å². The summed E-state index contributed by atoms with van der Waals surface area (Å²) in [5, 5.41) is 2.77. The SMILES string of the molecule is CC(=O)CCC(CCOI)NC(=O)OC(C)(C)C. The molecule has 0 saturated heterocycles. The molecular formula is C12H22INO4. The topological polar surface area (TPSA) is 64.6 Å². The van der Waals surface area contributed by atoms with Crippen LogP contribution in [0.2, 0.25) is 0 Å². The Bertz CT molecular complexity index is 276. The second kappa shape index (κ2) is 8.68. The van der Waals surface area contributed by atoms with Gasteiger partial charge in [-0.2, -0.15) is 0 Å². The first-order chi connectivity index (χ1) is 8.24. The number of halogens is 1. The summed E-state index contributed by atoms with van der Waals surface area (Å²) < 4.78 is 10.1. The lowest BCUT2D eigenvalue weighted by molar-refractivity contribution is -0.117. The summed E-state index contributed by atoms with van der Waals surface area (Å²) in [6.45, 7) is 7.50. The summed E-state index contributed by atoms with van der Waals surface area (Å²) in [7, 11) is 0. The number of amides is 1. The Morgan fingerprint density at radius 1 is 1.28 bits per heavy atom. The van der Waals surface area contributed by atoms with E-state index in [1.165, 1.54) is 0 Å². The van der Waals surface area contributed by atoms with Crippen molar-refractivity contribution in [2.24, 2.45) is 0 Å². The number of rotatable bonds is 7. The molecule has 0 aliphatic carbocycles. The number of carbonyl (C=O) groups excluding carboxylic acids is 2. The van der Waals surface area contributed by atoms with Gasteiger partial charge in [0.25, 0.3) is 0 Å².